The minimum absolute atomic E-state index is 0.0598. The highest BCUT2D eigenvalue weighted by atomic mass is 35.5. The Morgan fingerprint density at radius 2 is 1.93 bits per heavy atom. The van der Waals surface area contributed by atoms with E-state index < -0.39 is 11.8 Å². The summed E-state index contributed by atoms with van der Waals surface area (Å²) in [7, 11) is 2.11. The zero-order valence-electron chi connectivity index (χ0n) is 16.1. The van der Waals surface area contributed by atoms with E-state index in [1.807, 2.05) is 12.3 Å². The van der Waals surface area contributed by atoms with Gasteiger partial charge >= 0.3 is 11.8 Å². The molecular formula is C20H25ClN4O2S. The summed E-state index contributed by atoms with van der Waals surface area (Å²) in [6.45, 7) is 6.08. The molecule has 1 saturated heterocycles. The molecule has 0 unspecified atom stereocenters. The van der Waals surface area contributed by atoms with Gasteiger partial charge in [0, 0.05) is 43.4 Å². The molecule has 3 rings (SSSR count). The van der Waals surface area contributed by atoms with Gasteiger partial charge in [-0.25, -0.2) is 0 Å². The van der Waals surface area contributed by atoms with Gasteiger partial charge in [0.1, 0.15) is 0 Å². The summed E-state index contributed by atoms with van der Waals surface area (Å²) in [6, 6.07) is 7.32. The Balaban J connectivity index is 1.61. The molecule has 28 heavy (non-hydrogen) atoms. The van der Waals surface area contributed by atoms with Crippen molar-refractivity contribution in [2.24, 2.45) is 0 Å². The molecule has 1 aliphatic heterocycles. The van der Waals surface area contributed by atoms with Crippen LogP contribution in [0.4, 0.5) is 5.69 Å². The Labute approximate surface area is 174 Å². The molecule has 2 heterocycles. The Kier molecular flexibility index (Phi) is 7.07. The second-order valence-electron chi connectivity index (χ2n) is 7.04. The maximum Gasteiger partial charge on any atom is 0.313 e. The van der Waals surface area contributed by atoms with Gasteiger partial charge in [-0.05, 0) is 54.1 Å². The lowest BCUT2D eigenvalue weighted by Crippen LogP contribution is -2.49. The number of rotatable bonds is 5. The number of anilines is 1. The number of thiophene rings is 1. The number of carbonyl (C=O) groups is 2. The number of nitrogens with one attached hydrogen (secondary N) is 2. The average molecular weight is 421 g/mol. The SMILES string of the molecule is Cc1ccc(Cl)cc1NC(=O)C(=O)NC[C@@H](c1ccsc1)N1CCN(C)CC1. The predicted octanol–water partition coefficient (Wildman–Crippen LogP) is 2.75. The molecule has 1 aromatic heterocycles. The van der Waals surface area contributed by atoms with Crippen LogP contribution in [0.1, 0.15) is 17.2 Å². The first kappa shape index (κ1) is 20.8. The third-order valence-corrected chi connectivity index (χ3v) is 5.95. The highest BCUT2D eigenvalue weighted by Gasteiger charge is 2.25. The summed E-state index contributed by atoms with van der Waals surface area (Å²) in [4.78, 5) is 29.3. The predicted molar refractivity (Wildman–Crippen MR) is 114 cm³/mol. The third kappa shape index (κ3) is 5.32. The van der Waals surface area contributed by atoms with Crippen LogP contribution in [0.3, 0.4) is 0 Å². The molecule has 0 saturated carbocycles. The van der Waals surface area contributed by atoms with E-state index in [9.17, 15) is 9.59 Å². The second kappa shape index (κ2) is 9.52. The lowest BCUT2D eigenvalue weighted by Gasteiger charge is -2.37. The smallest absolute Gasteiger partial charge is 0.313 e. The van der Waals surface area contributed by atoms with Gasteiger partial charge in [-0.15, -0.1) is 0 Å². The first-order chi connectivity index (χ1) is 13.4. The van der Waals surface area contributed by atoms with Crippen LogP contribution in [0.5, 0.6) is 0 Å². The molecule has 6 nitrogen and oxygen atoms in total. The molecule has 0 aliphatic carbocycles. The van der Waals surface area contributed by atoms with E-state index in [1.165, 1.54) is 5.56 Å². The Morgan fingerprint density at radius 3 is 2.61 bits per heavy atom. The molecule has 0 radical (unpaired) electrons. The zero-order valence-corrected chi connectivity index (χ0v) is 17.6. The Hall–Kier alpha value is -1.93. The molecule has 150 valence electrons. The maximum atomic E-state index is 12.4. The highest BCUT2D eigenvalue weighted by molar-refractivity contribution is 7.08. The van der Waals surface area contributed by atoms with E-state index in [1.54, 1.807) is 29.5 Å². The standard InChI is InChI=1S/C20H25ClN4O2S/c1-14-3-4-16(21)11-17(14)23-20(27)19(26)22-12-18(15-5-10-28-13-15)25-8-6-24(2)7-9-25/h3-5,10-11,13,18H,6-9,12H2,1-2H3,(H,22,26)(H,23,27)/t18-/m0/s1. The van der Waals surface area contributed by atoms with E-state index in [4.69, 9.17) is 11.6 Å². The lowest BCUT2D eigenvalue weighted by molar-refractivity contribution is -0.136. The van der Waals surface area contributed by atoms with Crippen molar-refractivity contribution in [2.75, 3.05) is 45.1 Å². The summed E-state index contributed by atoms with van der Waals surface area (Å²) >= 11 is 7.61. The first-order valence-electron chi connectivity index (χ1n) is 9.24. The molecule has 1 aromatic carbocycles. The normalized spacial score (nSPS) is 16.5. The van der Waals surface area contributed by atoms with E-state index in [0.29, 0.717) is 17.3 Å². The minimum atomic E-state index is -0.687. The van der Waals surface area contributed by atoms with Crippen LogP contribution < -0.4 is 10.6 Å². The van der Waals surface area contributed by atoms with Gasteiger partial charge in [0.05, 0.1) is 6.04 Å². The van der Waals surface area contributed by atoms with Crippen LogP contribution in [-0.2, 0) is 9.59 Å². The minimum Gasteiger partial charge on any atom is -0.346 e. The third-order valence-electron chi connectivity index (χ3n) is 5.02. The van der Waals surface area contributed by atoms with Crippen molar-refractivity contribution < 1.29 is 9.59 Å². The number of nitrogens with zero attached hydrogens (tertiary/aromatic N) is 2. The number of piperazine rings is 1. The van der Waals surface area contributed by atoms with Crippen molar-refractivity contribution in [1.82, 2.24) is 15.1 Å². The molecule has 0 bridgehead atoms. The summed E-state index contributed by atoms with van der Waals surface area (Å²) in [5.74, 6) is -1.33. The van der Waals surface area contributed by atoms with Gasteiger partial charge in [-0.2, -0.15) is 11.3 Å². The number of hydrogen-bond acceptors (Lipinski definition) is 5. The Bertz CT molecular complexity index is 820. The van der Waals surface area contributed by atoms with Gasteiger partial charge in [-0.3, -0.25) is 14.5 Å². The van der Waals surface area contributed by atoms with Crippen LogP contribution in [0.15, 0.2) is 35.0 Å². The van der Waals surface area contributed by atoms with Crippen molar-refractivity contribution in [3.05, 3.63) is 51.2 Å². The number of amides is 2. The molecule has 0 spiro atoms. The number of likely N-dealkylation sites (N-methyl/N-ethyl adjacent to an activating group) is 1. The van der Waals surface area contributed by atoms with Gasteiger partial charge in [0.2, 0.25) is 0 Å². The number of halogens is 1. The fourth-order valence-corrected chi connectivity index (χ4v) is 4.11. The van der Waals surface area contributed by atoms with E-state index >= 15 is 0 Å². The quantitative estimate of drug-likeness (QED) is 0.730. The van der Waals surface area contributed by atoms with Crippen molar-refractivity contribution in [3.63, 3.8) is 0 Å². The van der Waals surface area contributed by atoms with E-state index in [0.717, 1.165) is 31.7 Å². The molecule has 1 atom stereocenters. The summed E-state index contributed by atoms with van der Waals surface area (Å²) in [6.07, 6.45) is 0. The van der Waals surface area contributed by atoms with Crippen LogP contribution in [0, 0.1) is 6.92 Å². The van der Waals surface area contributed by atoms with Crippen LogP contribution in [0.25, 0.3) is 0 Å². The first-order valence-corrected chi connectivity index (χ1v) is 10.6. The van der Waals surface area contributed by atoms with E-state index in [-0.39, 0.29) is 6.04 Å². The molecule has 2 amide bonds. The molecular weight excluding hydrogens is 396 g/mol. The van der Waals surface area contributed by atoms with Gasteiger partial charge in [0.15, 0.2) is 0 Å². The van der Waals surface area contributed by atoms with Gasteiger partial charge in [0.25, 0.3) is 0 Å². The fourth-order valence-electron chi connectivity index (χ4n) is 3.23. The largest absolute Gasteiger partial charge is 0.346 e. The molecule has 8 heteroatoms. The summed E-state index contributed by atoms with van der Waals surface area (Å²) in [5, 5.41) is 10.1. The topological polar surface area (TPSA) is 64.7 Å². The summed E-state index contributed by atoms with van der Waals surface area (Å²) in [5.41, 5.74) is 2.56. The monoisotopic (exact) mass is 420 g/mol. The maximum absolute atomic E-state index is 12.4. The number of aryl methyl sites for hydroxylation is 1. The Morgan fingerprint density at radius 1 is 1.18 bits per heavy atom. The molecule has 1 aliphatic rings. The van der Waals surface area contributed by atoms with Gasteiger partial charge in [-0.1, -0.05) is 17.7 Å². The highest BCUT2D eigenvalue weighted by Crippen LogP contribution is 2.24. The number of benzene rings is 1. The average Bonchev–Trinajstić information content (AvgIpc) is 3.20. The number of carbonyl (C=O) groups excluding carboxylic acids is 2. The molecule has 1 fully saturated rings. The van der Waals surface area contributed by atoms with Crippen molar-refractivity contribution in [3.8, 4) is 0 Å². The van der Waals surface area contributed by atoms with Crippen molar-refractivity contribution in [1.29, 1.82) is 0 Å². The fraction of sp³-hybridized carbons (Fsp3) is 0.400. The lowest BCUT2D eigenvalue weighted by atomic mass is 10.1. The molecule has 2 aromatic rings. The second-order valence-corrected chi connectivity index (χ2v) is 8.25. The molecule has 2 N–H and O–H groups in total. The zero-order chi connectivity index (χ0) is 20.1. The van der Waals surface area contributed by atoms with Crippen LogP contribution in [0.2, 0.25) is 5.02 Å². The van der Waals surface area contributed by atoms with Crippen LogP contribution >= 0.6 is 22.9 Å². The van der Waals surface area contributed by atoms with E-state index in [2.05, 4.69) is 38.9 Å². The summed E-state index contributed by atoms with van der Waals surface area (Å²) < 4.78 is 0. The van der Waals surface area contributed by atoms with Gasteiger partial charge < -0.3 is 15.5 Å². The van der Waals surface area contributed by atoms with Crippen LogP contribution in [-0.4, -0.2) is 61.4 Å². The number of hydrogen-bond donors (Lipinski definition) is 2. The van der Waals surface area contributed by atoms with Crippen molar-refractivity contribution >= 4 is 40.4 Å². The van der Waals surface area contributed by atoms with Crippen molar-refractivity contribution in [2.45, 2.75) is 13.0 Å².